The van der Waals surface area contributed by atoms with Crippen LogP contribution in [0.1, 0.15) is 24.6 Å². The molecule has 0 amide bonds. The van der Waals surface area contributed by atoms with Gasteiger partial charge in [0.1, 0.15) is 6.04 Å². The molecule has 3 rings (SSSR count). The van der Waals surface area contributed by atoms with E-state index in [9.17, 15) is 9.90 Å². The van der Waals surface area contributed by atoms with Gasteiger partial charge in [-0.1, -0.05) is 60.7 Å². The third-order valence-electron chi connectivity index (χ3n) is 4.02. The van der Waals surface area contributed by atoms with Crippen LogP contribution in [-0.2, 0) is 24.3 Å². The van der Waals surface area contributed by atoms with E-state index in [1.807, 2.05) is 65.6 Å². The molecule has 5 heteroatoms. The fourth-order valence-corrected chi connectivity index (χ4v) is 2.97. The number of hydrogen-bond acceptors (Lipinski definition) is 2. The maximum atomic E-state index is 11.5. The number of carboxylic acids is 1. The van der Waals surface area contributed by atoms with Crippen LogP contribution in [-0.4, -0.2) is 28.6 Å². The van der Waals surface area contributed by atoms with E-state index < -0.39 is 12.0 Å². The van der Waals surface area contributed by atoms with Gasteiger partial charge in [-0.3, -0.25) is 4.79 Å². The maximum Gasteiger partial charge on any atom is 0.320 e. The van der Waals surface area contributed by atoms with Crippen molar-refractivity contribution in [3.05, 3.63) is 71.5 Å². The van der Waals surface area contributed by atoms with Gasteiger partial charge >= 0.3 is 5.97 Å². The van der Waals surface area contributed by atoms with E-state index >= 15 is 0 Å². The average Bonchev–Trinajstić information content (AvgIpc) is 3.04. The number of rotatable bonds is 5. The standard InChI is InChI=1S/C18H19N2O2.Zn/c21-18(22)16-12-7-13-20(16)17(14-8-3-1-4-9-14)19-15-10-5-2-6-11-15;/h1-6,8-11,16-17H,7,12-13H2,(H,21,22);/q-1;/t16-,17?;/m0./s1. The molecule has 1 saturated heterocycles. The molecule has 2 atom stereocenters. The first kappa shape index (κ1) is 17.6. The van der Waals surface area contributed by atoms with Crippen molar-refractivity contribution in [2.45, 2.75) is 25.0 Å². The molecule has 0 radical (unpaired) electrons. The monoisotopic (exact) mass is 359 g/mol. The van der Waals surface area contributed by atoms with E-state index in [0.717, 1.165) is 24.2 Å². The number of aliphatic carboxylic acids is 1. The summed E-state index contributed by atoms with van der Waals surface area (Å²) in [5.74, 6) is -0.762. The number of para-hydroxylation sites is 1. The summed E-state index contributed by atoms with van der Waals surface area (Å²) >= 11 is 0. The summed E-state index contributed by atoms with van der Waals surface area (Å²) in [6, 6.07) is 19.2. The molecule has 0 aromatic heterocycles. The number of carbonyl (C=O) groups is 1. The predicted molar refractivity (Wildman–Crippen MR) is 86.0 cm³/mol. The first-order valence-corrected chi connectivity index (χ1v) is 7.55. The number of likely N-dealkylation sites (tertiary alicyclic amines) is 1. The molecular weight excluding hydrogens is 342 g/mol. The van der Waals surface area contributed by atoms with Crippen LogP contribution in [0.4, 0.5) is 5.69 Å². The molecule has 2 aromatic carbocycles. The third-order valence-corrected chi connectivity index (χ3v) is 4.02. The van der Waals surface area contributed by atoms with Crippen LogP contribution in [0.5, 0.6) is 0 Å². The molecule has 23 heavy (non-hydrogen) atoms. The van der Waals surface area contributed by atoms with Crippen LogP contribution in [0.25, 0.3) is 5.32 Å². The fourth-order valence-electron chi connectivity index (χ4n) is 2.97. The maximum absolute atomic E-state index is 11.5. The molecule has 1 unspecified atom stereocenters. The second kappa shape index (κ2) is 8.23. The van der Waals surface area contributed by atoms with Crippen LogP contribution in [0.3, 0.4) is 0 Å². The van der Waals surface area contributed by atoms with Crippen molar-refractivity contribution in [3.63, 3.8) is 0 Å². The SMILES string of the molecule is O=C(O)[C@@H]1CCCN1C([N-]c1ccccc1)c1ccccc1.[Zn]. The van der Waals surface area contributed by atoms with Gasteiger partial charge in [-0.15, -0.1) is 5.69 Å². The molecule has 1 heterocycles. The molecule has 0 aliphatic carbocycles. The Labute approximate surface area is 149 Å². The first-order valence-electron chi connectivity index (χ1n) is 7.55. The van der Waals surface area contributed by atoms with Crippen LogP contribution >= 0.6 is 0 Å². The zero-order valence-electron chi connectivity index (χ0n) is 13.0. The molecule has 2 aromatic rings. The molecular formula is C18H19N2O2Zn-. The van der Waals surface area contributed by atoms with E-state index in [-0.39, 0.29) is 25.6 Å². The van der Waals surface area contributed by atoms with Gasteiger partial charge in [-0.05, 0) is 31.1 Å². The van der Waals surface area contributed by atoms with E-state index in [0.29, 0.717) is 6.42 Å². The van der Waals surface area contributed by atoms with E-state index in [4.69, 9.17) is 5.32 Å². The van der Waals surface area contributed by atoms with Crippen molar-refractivity contribution in [2.75, 3.05) is 6.54 Å². The zero-order valence-corrected chi connectivity index (χ0v) is 16.0. The van der Waals surface area contributed by atoms with Crippen LogP contribution in [0.2, 0.25) is 0 Å². The normalized spacial score (nSPS) is 18.9. The second-order valence-corrected chi connectivity index (χ2v) is 5.48. The Bertz CT molecular complexity index is 621. The summed E-state index contributed by atoms with van der Waals surface area (Å²) in [5.41, 5.74) is 1.90. The van der Waals surface area contributed by atoms with Gasteiger partial charge < -0.3 is 15.3 Å². The van der Waals surface area contributed by atoms with Crippen molar-refractivity contribution in [1.29, 1.82) is 0 Å². The van der Waals surface area contributed by atoms with E-state index in [1.54, 1.807) is 0 Å². The Balaban J connectivity index is 0.00000192. The second-order valence-electron chi connectivity index (χ2n) is 5.48. The van der Waals surface area contributed by atoms with Crippen molar-refractivity contribution in [2.24, 2.45) is 0 Å². The van der Waals surface area contributed by atoms with Gasteiger partial charge in [0.15, 0.2) is 0 Å². The predicted octanol–water partition coefficient (Wildman–Crippen LogP) is 3.94. The Morgan fingerprint density at radius 2 is 1.70 bits per heavy atom. The molecule has 0 saturated carbocycles. The molecule has 1 fully saturated rings. The zero-order chi connectivity index (χ0) is 15.4. The van der Waals surface area contributed by atoms with Crippen molar-refractivity contribution >= 4 is 11.7 Å². The van der Waals surface area contributed by atoms with Crippen LogP contribution in [0, 0.1) is 0 Å². The van der Waals surface area contributed by atoms with Gasteiger partial charge in [0.25, 0.3) is 0 Å². The minimum atomic E-state index is -0.762. The Kier molecular flexibility index (Phi) is 6.31. The fraction of sp³-hybridized carbons (Fsp3) is 0.278. The summed E-state index contributed by atoms with van der Waals surface area (Å²) < 4.78 is 0. The largest absolute Gasteiger partial charge is 0.666 e. The van der Waals surface area contributed by atoms with Gasteiger partial charge in [-0.25, -0.2) is 0 Å². The minimum Gasteiger partial charge on any atom is -0.666 e. The molecule has 1 aliphatic rings. The smallest absolute Gasteiger partial charge is 0.320 e. The summed E-state index contributed by atoms with van der Waals surface area (Å²) in [6.07, 6.45) is 1.32. The quantitative estimate of drug-likeness (QED) is 0.822. The van der Waals surface area contributed by atoms with Gasteiger partial charge in [-0.2, -0.15) is 0 Å². The molecule has 1 aliphatic heterocycles. The van der Waals surface area contributed by atoms with Crippen molar-refractivity contribution < 1.29 is 29.4 Å². The van der Waals surface area contributed by atoms with E-state index in [1.165, 1.54) is 0 Å². The number of nitrogens with zero attached hydrogens (tertiary/aromatic N) is 2. The van der Waals surface area contributed by atoms with Crippen LogP contribution < -0.4 is 0 Å². The number of benzene rings is 2. The molecule has 0 spiro atoms. The molecule has 0 bridgehead atoms. The first-order chi connectivity index (χ1) is 10.8. The minimum absolute atomic E-state index is 0. The average molecular weight is 361 g/mol. The van der Waals surface area contributed by atoms with E-state index in [2.05, 4.69) is 0 Å². The summed E-state index contributed by atoms with van der Waals surface area (Å²) in [5, 5.41) is 14.3. The van der Waals surface area contributed by atoms with Crippen molar-refractivity contribution in [3.8, 4) is 0 Å². The van der Waals surface area contributed by atoms with Gasteiger partial charge in [0.2, 0.25) is 0 Å². The summed E-state index contributed by atoms with van der Waals surface area (Å²) in [7, 11) is 0. The molecule has 116 valence electrons. The van der Waals surface area contributed by atoms with Crippen LogP contribution in [0.15, 0.2) is 60.7 Å². The Morgan fingerprint density at radius 3 is 2.30 bits per heavy atom. The number of carboxylic acid groups (broad SMARTS) is 1. The summed E-state index contributed by atoms with van der Waals surface area (Å²) in [4.78, 5) is 13.5. The molecule has 4 nitrogen and oxygen atoms in total. The van der Waals surface area contributed by atoms with Crippen molar-refractivity contribution in [1.82, 2.24) is 4.90 Å². The summed E-state index contributed by atoms with van der Waals surface area (Å²) in [6.45, 7) is 0.757. The van der Waals surface area contributed by atoms with Gasteiger partial charge in [0, 0.05) is 19.5 Å². The topological polar surface area (TPSA) is 54.6 Å². The third kappa shape index (κ3) is 4.18. The molecule has 1 N–H and O–H groups in total. The Morgan fingerprint density at radius 1 is 1.09 bits per heavy atom. The van der Waals surface area contributed by atoms with Gasteiger partial charge in [0.05, 0.1) is 0 Å². The Hall–Kier alpha value is -1.71. The number of hydrogen-bond donors (Lipinski definition) is 1.